The third-order valence-electron chi connectivity index (χ3n) is 5.09. The Labute approximate surface area is 124 Å². The molecule has 2 rings (SSSR count). The third kappa shape index (κ3) is 3.25. The number of aliphatic hydroxyl groups excluding tert-OH is 1. The maximum atomic E-state index is 10.8. The highest BCUT2D eigenvalue weighted by Gasteiger charge is 2.37. The number of benzene rings is 1. The fraction of sp³-hybridized carbons (Fsp3) is 0.684. The molecule has 0 amide bonds. The molecule has 1 aromatic carbocycles. The van der Waals surface area contributed by atoms with Crippen molar-refractivity contribution in [3.8, 4) is 0 Å². The summed E-state index contributed by atoms with van der Waals surface area (Å²) in [5.74, 6) is 0.386. The van der Waals surface area contributed by atoms with E-state index in [9.17, 15) is 5.11 Å². The summed E-state index contributed by atoms with van der Waals surface area (Å²) >= 11 is 0. The number of rotatable bonds is 2. The molecule has 0 aliphatic heterocycles. The average molecular weight is 274 g/mol. The smallest absolute Gasteiger partial charge is 0.0823 e. The van der Waals surface area contributed by atoms with Crippen LogP contribution in [0, 0.1) is 11.3 Å². The van der Waals surface area contributed by atoms with E-state index in [2.05, 4.69) is 58.9 Å². The molecule has 0 radical (unpaired) electrons. The first-order valence-electron chi connectivity index (χ1n) is 8.00. The van der Waals surface area contributed by atoms with Gasteiger partial charge in [-0.2, -0.15) is 0 Å². The molecule has 0 saturated heterocycles. The van der Waals surface area contributed by atoms with Crippen LogP contribution in [0.15, 0.2) is 24.3 Å². The number of hydrogen-bond donors (Lipinski definition) is 1. The molecule has 0 spiro atoms. The Hall–Kier alpha value is -0.820. The van der Waals surface area contributed by atoms with E-state index in [1.807, 2.05) is 0 Å². The van der Waals surface area contributed by atoms with Gasteiger partial charge in [-0.25, -0.2) is 0 Å². The Bertz CT molecular complexity index is 436. The molecule has 20 heavy (non-hydrogen) atoms. The predicted molar refractivity (Wildman–Crippen MR) is 85.8 cm³/mol. The highest BCUT2D eigenvalue weighted by molar-refractivity contribution is 5.29. The summed E-state index contributed by atoms with van der Waals surface area (Å²) < 4.78 is 0. The van der Waals surface area contributed by atoms with Crippen molar-refractivity contribution in [2.45, 2.75) is 71.8 Å². The highest BCUT2D eigenvalue weighted by Crippen LogP contribution is 2.46. The minimum Gasteiger partial charge on any atom is -0.388 e. The van der Waals surface area contributed by atoms with Crippen molar-refractivity contribution in [2.24, 2.45) is 11.3 Å². The van der Waals surface area contributed by atoms with Gasteiger partial charge >= 0.3 is 0 Å². The minimum absolute atomic E-state index is 0.174. The summed E-state index contributed by atoms with van der Waals surface area (Å²) in [5, 5.41) is 10.8. The van der Waals surface area contributed by atoms with Gasteiger partial charge < -0.3 is 5.11 Å². The lowest BCUT2D eigenvalue weighted by Gasteiger charge is -2.41. The zero-order chi connectivity index (χ0) is 15.0. The summed E-state index contributed by atoms with van der Waals surface area (Å²) in [6.45, 7) is 11.3. The van der Waals surface area contributed by atoms with E-state index >= 15 is 0 Å². The van der Waals surface area contributed by atoms with Gasteiger partial charge in [0.25, 0.3) is 0 Å². The standard InChI is InChI=1S/C19H30O/c1-18(2,3)15-11-9-14(10-12-15)17(20)16-8-6-7-13-19(16,4)5/h9-12,16-17,20H,6-8,13H2,1-5H3. The fourth-order valence-electron chi connectivity index (χ4n) is 3.52. The summed E-state index contributed by atoms with van der Waals surface area (Å²) in [6.07, 6.45) is 4.62. The van der Waals surface area contributed by atoms with Crippen LogP contribution in [0.5, 0.6) is 0 Å². The molecule has 0 aromatic heterocycles. The van der Waals surface area contributed by atoms with Gasteiger partial charge in [-0.05, 0) is 40.7 Å². The topological polar surface area (TPSA) is 20.2 Å². The molecule has 1 heteroatoms. The summed E-state index contributed by atoms with van der Waals surface area (Å²) in [4.78, 5) is 0. The van der Waals surface area contributed by atoms with Crippen LogP contribution in [0.1, 0.15) is 77.5 Å². The van der Waals surface area contributed by atoms with Crippen LogP contribution in [0.3, 0.4) is 0 Å². The van der Waals surface area contributed by atoms with E-state index < -0.39 is 0 Å². The molecule has 0 heterocycles. The summed E-state index contributed by atoms with van der Waals surface area (Å²) in [7, 11) is 0. The van der Waals surface area contributed by atoms with E-state index in [0.29, 0.717) is 5.92 Å². The zero-order valence-corrected chi connectivity index (χ0v) is 13.7. The van der Waals surface area contributed by atoms with Crippen LogP contribution in [0.25, 0.3) is 0 Å². The molecule has 1 aliphatic carbocycles. The Kier molecular flexibility index (Phi) is 4.30. The Balaban J connectivity index is 2.18. The predicted octanol–water partition coefficient (Wildman–Crippen LogP) is 5.23. The molecular weight excluding hydrogens is 244 g/mol. The maximum Gasteiger partial charge on any atom is 0.0823 e. The van der Waals surface area contributed by atoms with Crippen LogP contribution >= 0.6 is 0 Å². The van der Waals surface area contributed by atoms with Crippen molar-refractivity contribution in [3.05, 3.63) is 35.4 Å². The van der Waals surface area contributed by atoms with Gasteiger partial charge in [0.2, 0.25) is 0 Å². The minimum atomic E-state index is -0.320. The van der Waals surface area contributed by atoms with Gasteiger partial charge in [-0.1, -0.05) is 71.7 Å². The van der Waals surface area contributed by atoms with E-state index in [-0.39, 0.29) is 16.9 Å². The Morgan fingerprint density at radius 3 is 2.20 bits per heavy atom. The molecule has 1 N–H and O–H groups in total. The van der Waals surface area contributed by atoms with Crippen molar-refractivity contribution in [1.82, 2.24) is 0 Å². The SMILES string of the molecule is CC(C)(C)c1ccc(C(O)C2CCCCC2(C)C)cc1. The van der Waals surface area contributed by atoms with E-state index in [1.54, 1.807) is 0 Å². The Morgan fingerprint density at radius 2 is 1.70 bits per heavy atom. The normalized spacial score (nSPS) is 24.4. The van der Waals surface area contributed by atoms with Crippen LogP contribution in [-0.2, 0) is 5.41 Å². The second kappa shape index (κ2) is 5.52. The molecule has 0 bridgehead atoms. The number of hydrogen-bond acceptors (Lipinski definition) is 1. The van der Waals surface area contributed by atoms with Crippen LogP contribution < -0.4 is 0 Å². The van der Waals surface area contributed by atoms with E-state index in [4.69, 9.17) is 0 Å². The van der Waals surface area contributed by atoms with E-state index in [0.717, 1.165) is 12.0 Å². The second-order valence-corrected chi connectivity index (χ2v) is 8.16. The molecule has 1 aromatic rings. The third-order valence-corrected chi connectivity index (χ3v) is 5.09. The lowest BCUT2D eigenvalue weighted by Crippen LogP contribution is -2.32. The molecule has 1 aliphatic rings. The first-order valence-corrected chi connectivity index (χ1v) is 8.00. The van der Waals surface area contributed by atoms with Crippen molar-refractivity contribution >= 4 is 0 Å². The van der Waals surface area contributed by atoms with Gasteiger partial charge in [0.1, 0.15) is 0 Å². The lowest BCUT2D eigenvalue weighted by molar-refractivity contribution is 0.00384. The van der Waals surface area contributed by atoms with Gasteiger partial charge in [-0.3, -0.25) is 0 Å². The quantitative estimate of drug-likeness (QED) is 0.782. The largest absolute Gasteiger partial charge is 0.388 e. The van der Waals surface area contributed by atoms with Crippen LogP contribution in [-0.4, -0.2) is 5.11 Å². The Morgan fingerprint density at radius 1 is 1.10 bits per heavy atom. The molecule has 1 saturated carbocycles. The van der Waals surface area contributed by atoms with Crippen molar-refractivity contribution in [2.75, 3.05) is 0 Å². The van der Waals surface area contributed by atoms with Gasteiger partial charge in [-0.15, -0.1) is 0 Å². The molecule has 112 valence electrons. The van der Waals surface area contributed by atoms with Crippen molar-refractivity contribution < 1.29 is 5.11 Å². The molecular formula is C19H30O. The van der Waals surface area contributed by atoms with Gasteiger partial charge in [0.05, 0.1) is 6.10 Å². The molecule has 2 atom stereocenters. The molecule has 1 nitrogen and oxygen atoms in total. The van der Waals surface area contributed by atoms with Crippen LogP contribution in [0.4, 0.5) is 0 Å². The zero-order valence-electron chi connectivity index (χ0n) is 13.7. The molecule has 2 unspecified atom stereocenters. The van der Waals surface area contributed by atoms with Gasteiger partial charge in [0, 0.05) is 0 Å². The fourth-order valence-corrected chi connectivity index (χ4v) is 3.52. The van der Waals surface area contributed by atoms with Crippen molar-refractivity contribution in [3.63, 3.8) is 0 Å². The number of aliphatic hydroxyl groups is 1. The summed E-state index contributed by atoms with van der Waals surface area (Å²) in [6, 6.07) is 8.59. The average Bonchev–Trinajstić information content (AvgIpc) is 2.36. The molecule has 1 fully saturated rings. The first-order chi connectivity index (χ1) is 9.22. The first kappa shape index (κ1) is 15.6. The van der Waals surface area contributed by atoms with E-state index in [1.165, 1.54) is 24.8 Å². The monoisotopic (exact) mass is 274 g/mol. The van der Waals surface area contributed by atoms with Crippen LogP contribution in [0.2, 0.25) is 0 Å². The highest BCUT2D eigenvalue weighted by atomic mass is 16.3. The van der Waals surface area contributed by atoms with Gasteiger partial charge in [0.15, 0.2) is 0 Å². The lowest BCUT2D eigenvalue weighted by atomic mass is 9.65. The van der Waals surface area contributed by atoms with Crippen molar-refractivity contribution in [1.29, 1.82) is 0 Å². The second-order valence-electron chi connectivity index (χ2n) is 8.16. The summed E-state index contributed by atoms with van der Waals surface area (Å²) in [5.41, 5.74) is 2.84. The maximum absolute atomic E-state index is 10.8.